The van der Waals surface area contributed by atoms with Crippen molar-refractivity contribution in [3.63, 3.8) is 0 Å². The number of benzene rings is 2. The molecule has 106 valence electrons. The predicted molar refractivity (Wildman–Crippen MR) is 82.6 cm³/mol. The van der Waals surface area contributed by atoms with Crippen LogP contribution >= 0.6 is 0 Å². The number of para-hydroxylation sites is 1. The lowest BCUT2D eigenvalue weighted by Crippen LogP contribution is -2.03. The topological polar surface area (TPSA) is 50.4 Å². The average Bonchev–Trinajstić information content (AvgIpc) is 2.52. The minimum absolute atomic E-state index is 0.262. The second kappa shape index (κ2) is 5.83. The van der Waals surface area contributed by atoms with Gasteiger partial charge in [0.1, 0.15) is 5.58 Å². The number of aromatic hydroxyl groups is 1. The molecule has 0 aliphatic carbocycles. The fourth-order valence-corrected chi connectivity index (χ4v) is 2.57. The minimum atomic E-state index is -0.664. The molecule has 0 spiro atoms. The summed E-state index contributed by atoms with van der Waals surface area (Å²) in [6, 6.07) is 17.5. The van der Waals surface area contributed by atoms with Gasteiger partial charge in [-0.05, 0) is 30.9 Å². The molecule has 1 heterocycles. The van der Waals surface area contributed by atoms with E-state index in [4.69, 9.17) is 4.42 Å². The van der Waals surface area contributed by atoms with Gasteiger partial charge < -0.3 is 9.52 Å². The van der Waals surface area contributed by atoms with Gasteiger partial charge in [-0.3, -0.25) is 0 Å². The summed E-state index contributed by atoms with van der Waals surface area (Å²) in [5.41, 5.74) is 1.79. The molecule has 2 aromatic carbocycles. The maximum absolute atomic E-state index is 11.7. The third-order valence-electron chi connectivity index (χ3n) is 3.63. The van der Waals surface area contributed by atoms with Gasteiger partial charge in [0.05, 0.1) is 0 Å². The molecule has 0 amide bonds. The number of aryl methyl sites for hydroxylation is 2. The number of fused-ring (bicyclic) bond motifs is 1. The van der Waals surface area contributed by atoms with E-state index in [-0.39, 0.29) is 5.75 Å². The summed E-state index contributed by atoms with van der Waals surface area (Å²) < 4.78 is 5.09. The van der Waals surface area contributed by atoms with E-state index in [1.165, 1.54) is 5.56 Å². The van der Waals surface area contributed by atoms with Crippen LogP contribution in [0.1, 0.15) is 17.5 Å². The first kappa shape index (κ1) is 13.4. The first-order valence-corrected chi connectivity index (χ1v) is 7.03. The van der Waals surface area contributed by atoms with Crippen molar-refractivity contribution < 1.29 is 9.52 Å². The van der Waals surface area contributed by atoms with Gasteiger partial charge in [-0.1, -0.05) is 48.5 Å². The van der Waals surface area contributed by atoms with Gasteiger partial charge in [0.15, 0.2) is 0 Å². The van der Waals surface area contributed by atoms with E-state index in [2.05, 4.69) is 12.1 Å². The Labute approximate surface area is 122 Å². The van der Waals surface area contributed by atoms with Crippen LogP contribution in [0.25, 0.3) is 11.0 Å². The Hall–Kier alpha value is -2.55. The third kappa shape index (κ3) is 2.82. The molecule has 3 aromatic rings. The van der Waals surface area contributed by atoms with Crippen LogP contribution in [-0.4, -0.2) is 5.11 Å². The molecule has 0 aliphatic heterocycles. The smallest absolute Gasteiger partial charge is 0.379 e. The monoisotopic (exact) mass is 280 g/mol. The highest BCUT2D eigenvalue weighted by Crippen LogP contribution is 2.25. The Kier molecular flexibility index (Phi) is 3.73. The summed E-state index contributed by atoms with van der Waals surface area (Å²) in [6.45, 7) is 0. The van der Waals surface area contributed by atoms with E-state index in [1.807, 2.05) is 36.4 Å². The van der Waals surface area contributed by atoms with E-state index in [1.54, 1.807) is 6.07 Å². The minimum Gasteiger partial charge on any atom is -0.502 e. The molecule has 0 saturated carbocycles. The summed E-state index contributed by atoms with van der Waals surface area (Å²) in [6.07, 6.45) is 2.42. The van der Waals surface area contributed by atoms with Gasteiger partial charge in [-0.25, -0.2) is 4.79 Å². The highest BCUT2D eigenvalue weighted by molar-refractivity contribution is 5.82. The van der Waals surface area contributed by atoms with E-state index in [0.29, 0.717) is 17.6 Å². The Morgan fingerprint density at radius 2 is 1.62 bits per heavy atom. The molecular weight excluding hydrogens is 264 g/mol. The summed E-state index contributed by atoms with van der Waals surface area (Å²) >= 11 is 0. The highest BCUT2D eigenvalue weighted by atomic mass is 16.4. The molecule has 1 aromatic heterocycles. The maximum Gasteiger partial charge on any atom is 0.379 e. The molecule has 0 saturated heterocycles. The molecule has 0 bridgehead atoms. The third-order valence-corrected chi connectivity index (χ3v) is 3.63. The Bertz CT molecular complexity index is 804. The zero-order valence-corrected chi connectivity index (χ0v) is 11.6. The number of hydrogen-bond donors (Lipinski definition) is 1. The molecule has 3 heteroatoms. The zero-order valence-electron chi connectivity index (χ0n) is 11.6. The largest absolute Gasteiger partial charge is 0.502 e. The van der Waals surface area contributed by atoms with Gasteiger partial charge >= 0.3 is 5.63 Å². The molecule has 21 heavy (non-hydrogen) atoms. The van der Waals surface area contributed by atoms with Crippen LogP contribution in [0.4, 0.5) is 0 Å². The van der Waals surface area contributed by atoms with Crippen LogP contribution in [0, 0.1) is 0 Å². The van der Waals surface area contributed by atoms with Gasteiger partial charge in [0.25, 0.3) is 0 Å². The molecule has 0 radical (unpaired) electrons. The van der Waals surface area contributed by atoms with E-state index < -0.39 is 5.63 Å². The number of hydrogen-bond acceptors (Lipinski definition) is 3. The Morgan fingerprint density at radius 1 is 0.905 bits per heavy atom. The predicted octanol–water partition coefficient (Wildman–Crippen LogP) is 3.67. The second-order valence-electron chi connectivity index (χ2n) is 5.05. The van der Waals surface area contributed by atoms with Crippen molar-refractivity contribution >= 4 is 11.0 Å². The molecule has 3 rings (SSSR count). The lowest BCUT2D eigenvalue weighted by molar-refractivity contribution is 0.421. The van der Waals surface area contributed by atoms with Crippen molar-refractivity contribution in [3.05, 3.63) is 76.1 Å². The van der Waals surface area contributed by atoms with Crippen molar-refractivity contribution in [1.29, 1.82) is 0 Å². The van der Waals surface area contributed by atoms with Crippen LogP contribution < -0.4 is 5.63 Å². The first-order chi connectivity index (χ1) is 10.3. The Balaban J connectivity index is 1.86. The first-order valence-electron chi connectivity index (χ1n) is 7.03. The van der Waals surface area contributed by atoms with Crippen molar-refractivity contribution in [2.75, 3.05) is 0 Å². The highest BCUT2D eigenvalue weighted by Gasteiger charge is 2.12. The lowest BCUT2D eigenvalue weighted by atomic mass is 10.0. The van der Waals surface area contributed by atoms with Crippen molar-refractivity contribution in [1.82, 2.24) is 0 Å². The van der Waals surface area contributed by atoms with Gasteiger partial charge in [-0.2, -0.15) is 0 Å². The van der Waals surface area contributed by atoms with Crippen LogP contribution in [0.2, 0.25) is 0 Å². The van der Waals surface area contributed by atoms with E-state index in [0.717, 1.165) is 18.2 Å². The average molecular weight is 280 g/mol. The fraction of sp³-hybridized carbons (Fsp3) is 0.167. The molecular formula is C18H16O3. The normalized spacial score (nSPS) is 10.9. The Morgan fingerprint density at radius 3 is 2.43 bits per heavy atom. The quantitative estimate of drug-likeness (QED) is 0.742. The molecule has 0 aliphatic rings. The van der Waals surface area contributed by atoms with Crippen molar-refractivity contribution in [2.24, 2.45) is 0 Å². The maximum atomic E-state index is 11.7. The van der Waals surface area contributed by atoms with Crippen molar-refractivity contribution in [3.8, 4) is 5.75 Å². The number of rotatable bonds is 4. The van der Waals surface area contributed by atoms with Crippen LogP contribution in [0.15, 0.2) is 63.8 Å². The molecule has 0 fully saturated rings. The zero-order chi connectivity index (χ0) is 14.7. The summed E-state index contributed by atoms with van der Waals surface area (Å²) in [5, 5.41) is 10.8. The van der Waals surface area contributed by atoms with Crippen LogP contribution in [0.3, 0.4) is 0 Å². The molecule has 1 N–H and O–H groups in total. The molecule has 0 atom stereocenters. The SMILES string of the molecule is O=c1oc2ccccc2c(CCCc2ccccc2)c1O. The summed E-state index contributed by atoms with van der Waals surface area (Å²) in [5.74, 6) is -0.262. The fourth-order valence-electron chi connectivity index (χ4n) is 2.57. The van der Waals surface area contributed by atoms with Gasteiger partial charge in [0, 0.05) is 10.9 Å². The standard InChI is InChI=1S/C18H16O3/c19-17-15(11-6-9-13-7-2-1-3-8-13)14-10-4-5-12-16(14)21-18(17)20/h1-5,7-8,10,12,19H,6,9,11H2. The van der Waals surface area contributed by atoms with Crippen LogP contribution in [0.5, 0.6) is 5.75 Å². The van der Waals surface area contributed by atoms with Gasteiger partial charge in [0.2, 0.25) is 5.75 Å². The van der Waals surface area contributed by atoms with E-state index in [9.17, 15) is 9.90 Å². The summed E-state index contributed by atoms with van der Waals surface area (Å²) in [4.78, 5) is 11.7. The second-order valence-corrected chi connectivity index (χ2v) is 5.05. The van der Waals surface area contributed by atoms with Gasteiger partial charge in [-0.15, -0.1) is 0 Å². The molecule has 3 nitrogen and oxygen atoms in total. The van der Waals surface area contributed by atoms with E-state index >= 15 is 0 Å². The summed E-state index contributed by atoms with van der Waals surface area (Å²) in [7, 11) is 0. The lowest BCUT2D eigenvalue weighted by Gasteiger charge is -2.07. The molecule has 0 unspecified atom stereocenters. The van der Waals surface area contributed by atoms with Crippen molar-refractivity contribution in [2.45, 2.75) is 19.3 Å². The van der Waals surface area contributed by atoms with Crippen LogP contribution in [-0.2, 0) is 12.8 Å².